The van der Waals surface area contributed by atoms with E-state index in [1.165, 1.54) is 24.3 Å². The molecule has 1 heterocycles. The molecule has 0 amide bonds. The summed E-state index contributed by atoms with van der Waals surface area (Å²) < 4.78 is 21.6. The fraction of sp³-hybridized carbons (Fsp3) is 0.364. The molecular weight excluding hydrogens is 442 g/mol. The van der Waals surface area contributed by atoms with Crippen LogP contribution in [0, 0.1) is 0 Å². The van der Waals surface area contributed by atoms with Crippen LogP contribution in [0.25, 0.3) is 5.69 Å². The lowest BCUT2D eigenvalue weighted by molar-refractivity contribution is 0.0453. The Morgan fingerprint density at radius 1 is 0.656 bits per heavy atom. The van der Waals surface area contributed by atoms with Crippen molar-refractivity contribution in [2.24, 2.45) is 0 Å². The van der Waals surface area contributed by atoms with Gasteiger partial charge >= 0.3 is 23.9 Å². The maximum Gasteiger partial charge on any atom is 0.356 e. The second kappa shape index (κ2) is 11.3. The number of halogens is 1. The number of rotatable bonds is 9. The van der Waals surface area contributed by atoms with E-state index in [1.54, 1.807) is 27.7 Å². The molecule has 172 valence electrons. The number of hydrogen-bond acceptors (Lipinski definition) is 8. The lowest BCUT2D eigenvalue weighted by Crippen LogP contribution is -2.19. The number of carbonyl (C=O) groups excluding carboxylic acids is 4. The maximum absolute atomic E-state index is 13.0. The van der Waals surface area contributed by atoms with Crippen LogP contribution in [0.15, 0.2) is 24.3 Å². The Kier molecular flexibility index (Phi) is 8.83. The lowest BCUT2D eigenvalue weighted by Gasteiger charge is -2.13. The first-order chi connectivity index (χ1) is 15.3. The van der Waals surface area contributed by atoms with Crippen LogP contribution >= 0.6 is 11.6 Å². The number of hydrogen-bond donors (Lipinski definition) is 0. The molecule has 2 rings (SSSR count). The van der Waals surface area contributed by atoms with Gasteiger partial charge in [-0.3, -0.25) is 4.57 Å². The van der Waals surface area contributed by atoms with Crippen molar-refractivity contribution in [3.8, 4) is 5.69 Å². The molecule has 0 bridgehead atoms. The molecule has 9 nitrogen and oxygen atoms in total. The highest BCUT2D eigenvalue weighted by Gasteiger charge is 2.40. The molecule has 1 aromatic carbocycles. The van der Waals surface area contributed by atoms with E-state index in [9.17, 15) is 19.2 Å². The van der Waals surface area contributed by atoms with E-state index in [2.05, 4.69) is 0 Å². The van der Waals surface area contributed by atoms with E-state index in [0.717, 1.165) is 4.57 Å². The molecule has 0 aliphatic heterocycles. The van der Waals surface area contributed by atoms with E-state index in [0.29, 0.717) is 5.02 Å². The highest BCUT2D eigenvalue weighted by molar-refractivity contribution is 6.30. The van der Waals surface area contributed by atoms with Gasteiger partial charge in [-0.05, 0) is 52.0 Å². The van der Waals surface area contributed by atoms with Crippen LogP contribution < -0.4 is 0 Å². The standard InChI is InChI=1S/C22H24ClNO8/c1-5-29-19(25)15-16(20(26)30-6-2)18(22(28)32-8-4)24(17(15)21(27)31-7-3)14-11-9-13(23)10-12-14/h9-12H,5-8H2,1-4H3. The molecule has 0 unspecified atom stereocenters. The van der Waals surface area contributed by atoms with Gasteiger partial charge in [0.1, 0.15) is 22.5 Å². The smallest absolute Gasteiger partial charge is 0.356 e. The van der Waals surface area contributed by atoms with Crippen LogP contribution in [0.5, 0.6) is 0 Å². The largest absolute Gasteiger partial charge is 0.462 e. The summed E-state index contributed by atoms with van der Waals surface area (Å²) in [5, 5.41) is 0.396. The molecule has 0 aliphatic carbocycles. The Bertz CT molecular complexity index is 952. The number of aromatic nitrogens is 1. The van der Waals surface area contributed by atoms with Crippen molar-refractivity contribution in [2.45, 2.75) is 27.7 Å². The van der Waals surface area contributed by atoms with Crippen LogP contribution in [0.4, 0.5) is 0 Å². The van der Waals surface area contributed by atoms with Gasteiger partial charge in [-0.15, -0.1) is 0 Å². The molecule has 0 saturated carbocycles. The van der Waals surface area contributed by atoms with Crippen LogP contribution in [-0.2, 0) is 18.9 Å². The predicted molar refractivity (Wildman–Crippen MR) is 115 cm³/mol. The molecule has 2 aromatic rings. The summed E-state index contributed by atoms with van der Waals surface area (Å²) in [5.41, 5.74) is -1.34. The zero-order valence-corrected chi connectivity index (χ0v) is 19.0. The van der Waals surface area contributed by atoms with E-state index in [1.807, 2.05) is 0 Å². The zero-order chi connectivity index (χ0) is 23.8. The molecule has 0 aliphatic rings. The molecule has 10 heteroatoms. The van der Waals surface area contributed by atoms with Gasteiger partial charge in [0.05, 0.1) is 26.4 Å². The number of ether oxygens (including phenoxy) is 4. The summed E-state index contributed by atoms with van der Waals surface area (Å²) in [6.07, 6.45) is 0. The summed E-state index contributed by atoms with van der Waals surface area (Å²) in [6, 6.07) is 6.07. The van der Waals surface area contributed by atoms with Crippen molar-refractivity contribution >= 4 is 35.5 Å². The van der Waals surface area contributed by atoms with Crippen LogP contribution in [0.2, 0.25) is 5.02 Å². The Morgan fingerprint density at radius 3 is 1.34 bits per heavy atom. The minimum atomic E-state index is -0.989. The molecule has 0 N–H and O–H groups in total. The number of nitrogens with zero attached hydrogens (tertiary/aromatic N) is 1. The van der Waals surface area contributed by atoms with Crippen molar-refractivity contribution in [2.75, 3.05) is 26.4 Å². The molecular formula is C22H24ClNO8. The third-order valence-electron chi connectivity index (χ3n) is 4.15. The minimum Gasteiger partial charge on any atom is -0.462 e. The summed E-state index contributed by atoms with van der Waals surface area (Å²) >= 11 is 5.98. The Hall–Kier alpha value is -3.33. The summed E-state index contributed by atoms with van der Waals surface area (Å²) in [5.74, 6) is -3.85. The van der Waals surface area contributed by atoms with E-state index in [-0.39, 0.29) is 43.5 Å². The van der Waals surface area contributed by atoms with Gasteiger partial charge in [0.2, 0.25) is 0 Å². The summed E-state index contributed by atoms with van der Waals surface area (Å²) in [4.78, 5) is 51.8. The lowest BCUT2D eigenvalue weighted by atomic mass is 10.1. The van der Waals surface area contributed by atoms with E-state index >= 15 is 0 Å². The van der Waals surface area contributed by atoms with Gasteiger partial charge < -0.3 is 18.9 Å². The Morgan fingerprint density at radius 2 is 1.00 bits per heavy atom. The zero-order valence-electron chi connectivity index (χ0n) is 18.2. The maximum atomic E-state index is 13.0. The summed E-state index contributed by atoms with van der Waals surface area (Å²) in [6.45, 7) is 6.18. The van der Waals surface area contributed by atoms with Crippen LogP contribution in [0.1, 0.15) is 69.4 Å². The second-order valence-electron chi connectivity index (χ2n) is 6.14. The van der Waals surface area contributed by atoms with Crippen molar-refractivity contribution in [1.29, 1.82) is 0 Å². The monoisotopic (exact) mass is 465 g/mol. The Labute approximate surface area is 190 Å². The first kappa shape index (κ1) is 24.9. The van der Waals surface area contributed by atoms with Gasteiger partial charge in [-0.25, -0.2) is 19.2 Å². The van der Waals surface area contributed by atoms with Gasteiger partial charge in [-0.2, -0.15) is 0 Å². The van der Waals surface area contributed by atoms with Crippen molar-refractivity contribution < 1.29 is 38.1 Å². The van der Waals surface area contributed by atoms with Crippen molar-refractivity contribution in [3.63, 3.8) is 0 Å². The van der Waals surface area contributed by atoms with Gasteiger partial charge in [-0.1, -0.05) is 11.6 Å². The normalized spacial score (nSPS) is 10.4. The quantitative estimate of drug-likeness (QED) is 0.406. The van der Waals surface area contributed by atoms with Gasteiger partial charge in [0.25, 0.3) is 0 Å². The predicted octanol–water partition coefficient (Wildman–Crippen LogP) is 3.84. The number of esters is 4. The van der Waals surface area contributed by atoms with Gasteiger partial charge in [0.15, 0.2) is 0 Å². The molecule has 32 heavy (non-hydrogen) atoms. The third kappa shape index (κ3) is 5.11. The SMILES string of the molecule is CCOC(=O)c1c(C(=O)OCC)c(C(=O)OCC)n(-c2ccc(Cl)cc2)c1C(=O)OCC. The fourth-order valence-electron chi connectivity index (χ4n) is 3.01. The highest BCUT2D eigenvalue weighted by atomic mass is 35.5. The minimum absolute atomic E-state index is 0.0175. The number of carbonyl (C=O) groups is 4. The third-order valence-corrected chi connectivity index (χ3v) is 4.40. The van der Waals surface area contributed by atoms with Crippen molar-refractivity contribution in [3.05, 3.63) is 51.8 Å². The first-order valence-electron chi connectivity index (χ1n) is 10.0. The molecule has 0 atom stereocenters. The topological polar surface area (TPSA) is 110 Å². The van der Waals surface area contributed by atoms with Crippen molar-refractivity contribution in [1.82, 2.24) is 4.57 Å². The molecule has 0 saturated heterocycles. The van der Waals surface area contributed by atoms with E-state index < -0.39 is 35.0 Å². The average molecular weight is 466 g/mol. The van der Waals surface area contributed by atoms with Crippen LogP contribution in [-0.4, -0.2) is 54.9 Å². The Balaban J connectivity index is 3.06. The molecule has 1 aromatic heterocycles. The molecule has 0 fully saturated rings. The summed E-state index contributed by atoms with van der Waals surface area (Å²) in [7, 11) is 0. The fourth-order valence-corrected chi connectivity index (χ4v) is 3.14. The van der Waals surface area contributed by atoms with Gasteiger partial charge in [0, 0.05) is 10.7 Å². The second-order valence-corrected chi connectivity index (χ2v) is 6.58. The first-order valence-corrected chi connectivity index (χ1v) is 10.4. The van der Waals surface area contributed by atoms with E-state index in [4.69, 9.17) is 30.5 Å². The average Bonchev–Trinajstić information content (AvgIpc) is 3.11. The molecule has 0 spiro atoms. The highest BCUT2D eigenvalue weighted by Crippen LogP contribution is 2.31. The molecule has 0 radical (unpaired) electrons. The number of benzene rings is 1. The van der Waals surface area contributed by atoms with Crippen LogP contribution in [0.3, 0.4) is 0 Å².